The molecule has 1 saturated heterocycles. The number of fused-ring (bicyclic) bond motifs is 1. The Morgan fingerprint density at radius 1 is 1.10 bits per heavy atom. The van der Waals surface area contributed by atoms with Crippen LogP contribution in [0.2, 0.25) is 0 Å². The Morgan fingerprint density at radius 3 is 2.70 bits per heavy atom. The van der Waals surface area contributed by atoms with E-state index in [2.05, 4.69) is 37.0 Å². The van der Waals surface area contributed by atoms with E-state index in [9.17, 15) is 4.79 Å². The summed E-state index contributed by atoms with van der Waals surface area (Å²) in [6, 6.07) is 17.5. The standard InChI is InChI=1S/C25H29NO4/c1-17(18-8-10-22-19(14-18)9-11-23(27)26-22)30-21-7-5-6-20(15-21)25(28-4)12-13-29-24(2,3)16-25/h5-11,14-15,17H,12-13,16H2,1-4H3,(H,26,27). The molecule has 2 heterocycles. The van der Waals surface area contributed by atoms with Gasteiger partial charge in [0.2, 0.25) is 5.56 Å². The number of pyridine rings is 1. The first-order valence-electron chi connectivity index (χ1n) is 10.4. The predicted molar refractivity (Wildman–Crippen MR) is 118 cm³/mol. The van der Waals surface area contributed by atoms with Gasteiger partial charge in [0.15, 0.2) is 0 Å². The van der Waals surface area contributed by atoms with Crippen molar-refractivity contribution in [1.82, 2.24) is 4.98 Å². The molecule has 0 aliphatic carbocycles. The number of benzene rings is 2. The van der Waals surface area contributed by atoms with Crippen molar-refractivity contribution >= 4 is 10.9 Å². The van der Waals surface area contributed by atoms with Gasteiger partial charge < -0.3 is 19.2 Å². The maximum absolute atomic E-state index is 11.5. The molecule has 158 valence electrons. The molecule has 0 radical (unpaired) electrons. The topological polar surface area (TPSA) is 60.5 Å². The maximum Gasteiger partial charge on any atom is 0.248 e. The third-order valence-electron chi connectivity index (χ3n) is 5.99. The Kier molecular flexibility index (Phi) is 5.43. The summed E-state index contributed by atoms with van der Waals surface area (Å²) < 4.78 is 18.2. The average molecular weight is 408 g/mol. The molecular formula is C25H29NO4. The number of hydrogen-bond donors (Lipinski definition) is 1. The van der Waals surface area contributed by atoms with E-state index in [-0.39, 0.29) is 22.9 Å². The minimum Gasteiger partial charge on any atom is -0.486 e. The molecule has 5 nitrogen and oxygen atoms in total. The third-order valence-corrected chi connectivity index (χ3v) is 5.99. The lowest BCUT2D eigenvalue weighted by atomic mass is 9.79. The minimum atomic E-state index is -0.376. The lowest BCUT2D eigenvalue weighted by Crippen LogP contribution is -2.45. The summed E-state index contributed by atoms with van der Waals surface area (Å²) in [5, 5.41) is 0.985. The molecule has 1 aromatic heterocycles. The van der Waals surface area contributed by atoms with Gasteiger partial charge in [0, 0.05) is 31.5 Å². The number of methoxy groups -OCH3 is 1. The molecule has 3 aromatic rings. The van der Waals surface area contributed by atoms with Crippen molar-refractivity contribution in [2.75, 3.05) is 13.7 Å². The van der Waals surface area contributed by atoms with Crippen molar-refractivity contribution in [1.29, 1.82) is 0 Å². The molecule has 0 amide bonds. The number of aromatic amines is 1. The quantitative estimate of drug-likeness (QED) is 0.639. The highest BCUT2D eigenvalue weighted by molar-refractivity contribution is 5.79. The van der Waals surface area contributed by atoms with E-state index in [0.29, 0.717) is 6.61 Å². The van der Waals surface area contributed by atoms with Crippen LogP contribution in [0, 0.1) is 0 Å². The Morgan fingerprint density at radius 2 is 1.93 bits per heavy atom. The van der Waals surface area contributed by atoms with Crippen LogP contribution in [0.3, 0.4) is 0 Å². The Bertz CT molecular complexity index is 1100. The normalized spacial score (nSPS) is 22.0. The number of nitrogens with one attached hydrogen (secondary N) is 1. The Hall–Kier alpha value is -2.63. The summed E-state index contributed by atoms with van der Waals surface area (Å²) in [7, 11) is 1.77. The second kappa shape index (κ2) is 7.89. The molecule has 2 aromatic carbocycles. The fraction of sp³-hybridized carbons (Fsp3) is 0.400. The largest absolute Gasteiger partial charge is 0.486 e. The lowest BCUT2D eigenvalue weighted by molar-refractivity contribution is -0.162. The van der Waals surface area contributed by atoms with Crippen molar-refractivity contribution in [3.8, 4) is 5.75 Å². The summed E-state index contributed by atoms with van der Waals surface area (Å²) >= 11 is 0. The average Bonchev–Trinajstić information content (AvgIpc) is 2.72. The van der Waals surface area contributed by atoms with Crippen molar-refractivity contribution in [3.63, 3.8) is 0 Å². The summed E-state index contributed by atoms with van der Waals surface area (Å²) in [5.74, 6) is 0.808. The summed E-state index contributed by atoms with van der Waals surface area (Å²) in [6.45, 7) is 6.91. The molecule has 2 unspecified atom stereocenters. The van der Waals surface area contributed by atoms with Gasteiger partial charge in [0.05, 0.1) is 17.8 Å². The van der Waals surface area contributed by atoms with E-state index in [0.717, 1.165) is 40.6 Å². The number of rotatable bonds is 5. The van der Waals surface area contributed by atoms with Crippen molar-refractivity contribution in [2.45, 2.75) is 50.9 Å². The van der Waals surface area contributed by atoms with Crippen LogP contribution >= 0.6 is 0 Å². The van der Waals surface area contributed by atoms with E-state index in [1.54, 1.807) is 13.2 Å². The Balaban J connectivity index is 1.58. The maximum atomic E-state index is 11.5. The van der Waals surface area contributed by atoms with Gasteiger partial charge >= 0.3 is 0 Å². The Labute approximate surface area is 177 Å². The summed E-state index contributed by atoms with van der Waals surface area (Å²) in [4.78, 5) is 14.3. The van der Waals surface area contributed by atoms with Crippen LogP contribution in [0.25, 0.3) is 10.9 Å². The fourth-order valence-electron chi connectivity index (χ4n) is 4.41. The van der Waals surface area contributed by atoms with Crippen LogP contribution in [0.15, 0.2) is 59.4 Å². The van der Waals surface area contributed by atoms with Gasteiger partial charge in [0.1, 0.15) is 11.9 Å². The second-order valence-electron chi connectivity index (χ2n) is 8.69. The van der Waals surface area contributed by atoms with Crippen LogP contribution in [0.1, 0.15) is 50.8 Å². The molecule has 1 fully saturated rings. The highest BCUT2D eigenvalue weighted by atomic mass is 16.5. The molecule has 1 aliphatic heterocycles. The number of hydrogen-bond acceptors (Lipinski definition) is 4. The highest BCUT2D eigenvalue weighted by Gasteiger charge is 2.42. The predicted octanol–water partition coefficient (Wildman–Crippen LogP) is 5.10. The monoisotopic (exact) mass is 407 g/mol. The van der Waals surface area contributed by atoms with E-state index in [1.807, 2.05) is 37.3 Å². The third kappa shape index (κ3) is 4.13. The highest BCUT2D eigenvalue weighted by Crippen LogP contribution is 2.43. The molecule has 1 N–H and O–H groups in total. The van der Waals surface area contributed by atoms with Crippen LogP contribution < -0.4 is 10.3 Å². The zero-order valence-corrected chi connectivity index (χ0v) is 18.0. The zero-order chi connectivity index (χ0) is 21.4. The molecule has 4 rings (SSSR count). The number of ether oxygens (including phenoxy) is 3. The zero-order valence-electron chi connectivity index (χ0n) is 18.0. The second-order valence-corrected chi connectivity index (χ2v) is 8.69. The van der Waals surface area contributed by atoms with E-state index >= 15 is 0 Å². The van der Waals surface area contributed by atoms with E-state index < -0.39 is 0 Å². The SMILES string of the molecule is COC1(c2cccc(OC(C)c3ccc4[nH]c(=O)ccc4c3)c2)CCOC(C)(C)C1. The molecule has 2 atom stereocenters. The first kappa shape index (κ1) is 20.6. The summed E-state index contributed by atoms with van der Waals surface area (Å²) in [6.07, 6.45) is 1.47. The van der Waals surface area contributed by atoms with Gasteiger partial charge in [-0.05, 0) is 67.6 Å². The first-order chi connectivity index (χ1) is 14.3. The van der Waals surface area contributed by atoms with Crippen LogP contribution in [-0.4, -0.2) is 24.3 Å². The van der Waals surface area contributed by atoms with Gasteiger partial charge in [-0.1, -0.05) is 18.2 Å². The lowest BCUT2D eigenvalue weighted by Gasteiger charge is -2.44. The van der Waals surface area contributed by atoms with Crippen molar-refractivity contribution in [2.24, 2.45) is 0 Å². The van der Waals surface area contributed by atoms with Crippen molar-refractivity contribution in [3.05, 3.63) is 76.1 Å². The van der Waals surface area contributed by atoms with Gasteiger partial charge in [-0.2, -0.15) is 0 Å². The van der Waals surface area contributed by atoms with Crippen LogP contribution in [-0.2, 0) is 15.1 Å². The van der Waals surface area contributed by atoms with Crippen molar-refractivity contribution < 1.29 is 14.2 Å². The smallest absolute Gasteiger partial charge is 0.248 e. The fourth-order valence-corrected chi connectivity index (χ4v) is 4.41. The molecule has 1 aliphatic rings. The van der Waals surface area contributed by atoms with Crippen LogP contribution in [0.5, 0.6) is 5.75 Å². The van der Waals surface area contributed by atoms with Crippen LogP contribution in [0.4, 0.5) is 0 Å². The molecule has 30 heavy (non-hydrogen) atoms. The van der Waals surface area contributed by atoms with Gasteiger partial charge in [-0.3, -0.25) is 4.79 Å². The molecule has 0 spiro atoms. The first-order valence-corrected chi connectivity index (χ1v) is 10.4. The molecular weight excluding hydrogens is 378 g/mol. The molecule has 5 heteroatoms. The number of H-pyrrole nitrogens is 1. The van der Waals surface area contributed by atoms with Gasteiger partial charge in [0.25, 0.3) is 0 Å². The molecule has 0 saturated carbocycles. The molecule has 0 bridgehead atoms. The van der Waals surface area contributed by atoms with Gasteiger partial charge in [-0.25, -0.2) is 0 Å². The van der Waals surface area contributed by atoms with Gasteiger partial charge in [-0.15, -0.1) is 0 Å². The summed E-state index contributed by atoms with van der Waals surface area (Å²) in [5.41, 5.74) is 2.28. The minimum absolute atomic E-state index is 0.0975. The van der Waals surface area contributed by atoms with E-state index in [1.165, 1.54) is 0 Å². The number of aromatic nitrogens is 1. The van der Waals surface area contributed by atoms with E-state index in [4.69, 9.17) is 14.2 Å².